The lowest BCUT2D eigenvalue weighted by atomic mass is 10.3. The second kappa shape index (κ2) is 5.49. The molecule has 1 unspecified atom stereocenters. The van der Waals surface area contributed by atoms with Crippen LogP contribution < -0.4 is 5.73 Å². The average Bonchev–Trinajstić information content (AvgIpc) is 2.26. The van der Waals surface area contributed by atoms with Gasteiger partial charge in [-0.05, 0) is 0 Å². The molecular formula is C8H16N2O2S. The van der Waals surface area contributed by atoms with Crippen LogP contribution in [0.1, 0.15) is 6.42 Å². The Morgan fingerprint density at radius 2 is 2.46 bits per heavy atom. The molecule has 0 spiro atoms. The van der Waals surface area contributed by atoms with Crippen LogP contribution in [0.5, 0.6) is 0 Å². The smallest absolute Gasteiger partial charge is 0.0900 e. The molecule has 4 nitrogen and oxygen atoms in total. The Hall–Kier alpha value is -0.230. The molecule has 1 saturated heterocycles. The zero-order chi connectivity index (χ0) is 9.68. The fourth-order valence-corrected chi connectivity index (χ4v) is 1.42. The van der Waals surface area contributed by atoms with Crippen LogP contribution in [0.4, 0.5) is 0 Å². The molecule has 1 aliphatic rings. The van der Waals surface area contributed by atoms with Gasteiger partial charge in [-0.25, -0.2) is 0 Å². The van der Waals surface area contributed by atoms with E-state index >= 15 is 0 Å². The van der Waals surface area contributed by atoms with Gasteiger partial charge in [0.25, 0.3) is 0 Å². The molecule has 0 aliphatic carbocycles. The van der Waals surface area contributed by atoms with Gasteiger partial charge in [0.15, 0.2) is 0 Å². The van der Waals surface area contributed by atoms with Gasteiger partial charge in [0.2, 0.25) is 0 Å². The molecule has 1 aliphatic heterocycles. The van der Waals surface area contributed by atoms with Gasteiger partial charge in [0.05, 0.1) is 24.3 Å². The van der Waals surface area contributed by atoms with Crippen LogP contribution in [0.2, 0.25) is 0 Å². The van der Waals surface area contributed by atoms with Crippen molar-refractivity contribution in [2.24, 2.45) is 5.73 Å². The van der Waals surface area contributed by atoms with Crippen molar-refractivity contribution >= 4 is 17.2 Å². The van der Waals surface area contributed by atoms with Crippen LogP contribution in [0.25, 0.3) is 0 Å². The zero-order valence-corrected chi connectivity index (χ0v) is 8.42. The predicted molar refractivity (Wildman–Crippen MR) is 54.7 cm³/mol. The molecule has 0 aromatic rings. The van der Waals surface area contributed by atoms with E-state index in [1.165, 1.54) is 0 Å². The van der Waals surface area contributed by atoms with Crippen LogP contribution in [-0.4, -0.2) is 53.9 Å². The summed E-state index contributed by atoms with van der Waals surface area (Å²) in [7, 11) is 0. The molecule has 0 bridgehead atoms. The van der Waals surface area contributed by atoms with Gasteiger partial charge in [-0.2, -0.15) is 0 Å². The highest BCUT2D eigenvalue weighted by Gasteiger charge is 2.15. The number of nitrogens with zero attached hydrogens (tertiary/aromatic N) is 1. The molecule has 3 N–H and O–H groups in total. The predicted octanol–water partition coefficient (Wildman–Crippen LogP) is -0.644. The lowest BCUT2D eigenvalue weighted by molar-refractivity contribution is 0.0566. The van der Waals surface area contributed by atoms with Gasteiger partial charge >= 0.3 is 0 Å². The molecule has 0 saturated carbocycles. The first-order valence-corrected chi connectivity index (χ1v) is 4.86. The number of β-amino-alcohol motifs (C(OH)–C–C–N with tert-alkyl or cyclic N) is 1. The Balaban J connectivity index is 2.26. The quantitative estimate of drug-likeness (QED) is 0.599. The fraction of sp³-hybridized carbons (Fsp3) is 0.875. The standard InChI is InChI=1S/C8H16N2O2S/c9-8(13)1-2-10-3-4-12-6-7(11)5-10/h7,11H,1-6H2,(H2,9,13). The minimum Gasteiger partial charge on any atom is -0.393 e. The minimum absolute atomic E-state index is 0.381. The van der Waals surface area contributed by atoms with Gasteiger partial charge in [-0.1, -0.05) is 12.2 Å². The van der Waals surface area contributed by atoms with Gasteiger partial charge in [-0.15, -0.1) is 0 Å². The van der Waals surface area contributed by atoms with Crippen molar-refractivity contribution in [3.63, 3.8) is 0 Å². The molecule has 5 heteroatoms. The lowest BCUT2D eigenvalue weighted by Gasteiger charge is -2.20. The Morgan fingerprint density at radius 3 is 3.15 bits per heavy atom. The summed E-state index contributed by atoms with van der Waals surface area (Å²) >= 11 is 4.78. The molecule has 0 radical (unpaired) electrons. The molecule has 1 rings (SSSR count). The third kappa shape index (κ3) is 4.52. The van der Waals surface area contributed by atoms with Gasteiger partial charge in [0.1, 0.15) is 0 Å². The van der Waals surface area contributed by atoms with Crippen molar-refractivity contribution in [1.29, 1.82) is 0 Å². The summed E-state index contributed by atoms with van der Waals surface area (Å²) in [4.78, 5) is 2.65. The highest BCUT2D eigenvalue weighted by Crippen LogP contribution is 2.00. The van der Waals surface area contributed by atoms with Crippen LogP contribution in [0.3, 0.4) is 0 Å². The molecule has 0 aromatic carbocycles. The molecular weight excluding hydrogens is 188 g/mol. The first-order valence-electron chi connectivity index (χ1n) is 4.45. The molecule has 1 heterocycles. The molecule has 76 valence electrons. The third-order valence-corrected chi connectivity index (χ3v) is 2.21. The second-order valence-corrected chi connectivity index (χ2v) is 3.77. The number of ether oxygens (including phenoxy) is 1. The maximum Gasteiger partial charge on any atom is 0.0900 e. The van der Waals surface area contributed by atoms with E-state index in [1.807, 2.05) is 0 Å². The minimum atomic E-state index is -0.381. The Bertz CT molecular complexity index is 178. The summed E-state index contributed by atoms with van der Waals surface area (Å²) in [6, 6.07) is 0. The van der Waals surface area contributed by atoms with Crippen molar-refractivity contribution in [3.8, 4) is 0 Å². The largest absolute Gasteiger partial charge is 0.393 e. The highest BCUT2D eigenvalue weighted by atomic mass is 32.1. The number of thiocarbonyl (C=S) groups is 1. The third-order valence-electron chi connectivity index (χ3n) is 2.01. The number of rotatable bonds is 3. The normalized spacial score (nSPS) is 25.5. The van der Waals surface area contributed by atoms with Crippen LogP contribution in [-0.2, 0) is 4.74 Å². The summed E-state index contributed by atoms with van der Waals surface area (Å²) < 4.78 is 5.19. The first-order chi connectivity index (χ1) is 6.18. The Morgan fingerprint density at radius 1 is 1.69 bits per heavy atom. The lowest BCUT2D eigenvalue weighted by Crippen LogP contribution is -2.34. The molecule has 13 heavy (non-hydrogen) atoms. The molecule has 1 atom stereocenters. The maximum atomic E-state index is 9.39. The van der Waals surface area contributed by atoms with Gasteiger partial charge in [-0.3, -0.25) is 4.90 Å². The van der Waals surface area contributed by atoms with E-state index in [0.717, 1.165) is 13.1 Å². The van der Waals surface area contributed by atoms with Crippen molar-refractivity contribution < 1.29 is 9.84 Å². The SMILES string of the molecule is NC(=S)CCN1CCOCC(O)C1. The highest BCUT2D eigenvalue weighted by molar-refractivity contribution is 7.80. The summed E-state index contributed by atoms with van der Waals surface area (Å²) in [5.74, 6) is 0. The average molecular weight is 204 g/mol. The van der Waals surface area contributed by atoms with Crippen LogP contribution in [0.15, 0.2) is 0 Å². The first kappa shape index (κ1) is 10.8. The summed E-state index contributed by atoms with van der Waals surface area (Å²) in [6.07, 6.45) is 0.330. The Kier molecular flexibility index (Phi) is 4.58. The van der Waals surface area contributed by atoms with Crippen LogP contribution >= 0.6 is 12.2 Å². The topological polar surface area (TPSA) is 58.7 Å². The fourth-order valence-electron chi connectivity index (χ4n) is 1.33. The summed E-state index contributed by atoms with van der Waals surface area (Å²) in [6.45, 7) is 3.43. The molecule has 1 fully saturated rings. The van der Waals surface area contributed by atoms with Crippen molar-refractivity contribution in [1.82, 2.24) is 4.90 Å². The number of hydrogen-bond acceptors (Lipinski definition) is 4. The summed E-state index contributed by atoms with van der Waals surface area (Å²) in [5, 5.41) is 9.39. The molecule has 0 amide bonds. The van der Waals surface area contributed by atoms with E-state index in [2.05, 4.69) is 4.90 Å². The number of hydrogen-bond donors (Lipinski definition) is 2. The van der Waals surface area contributed by atoms with Gasteiger partial charge < -0.3 is 15.6 Å². The monoisotopic (exact) mass is 204 g/mol. The summed E-state index contributed by atoms with van der Waals surface area (Å²) in [5.41, 5.74) is 5.39. The number of aliphatic hydroxyl groups excluding tert-OH is 1. The van der Waals surface area contributed by atoms with E-state index < -0.39 is 0 Å². The van der Waals surface area contributed by atoms with E-state index in [0.29, 0.717) is 31.2 Å². The van der Waals surface area contributed by atoms with E-state index in [1.54, 1.807) is 0 Å². The second-order valence-electron chi connectivity index (χ2n) is 3.25. The van der Waals surface area contributed by atoms with Crippen molar-refractivity contribution in [2.75, 3.05) is 32.8 Å². The van der Waals surface area contributed by atoms with E-state index in [9.17, 15) is 5.11 Å². The number of nitrogens with two attached hydrogens (primary N) is 1. The van der Waals surface area contributed by atoms with Gasteiger partial charge in [0, 0.05) is 26.1 Å². The zero-order valence-electron chi connectivity index (χ0n) is 7.61. The van der Waals surface area contributed by atoms with Crippen molar-refractivity contribution in [3.05, 3.63) is 0 Å². The van der Waals surface area contributed by atoms with E-state index in [4.69, 9.17) is 22.7 Å². The van der Waals surface area contributed by atoms with Crippen LogP contribution in [0, 0.1) is 0 Å². The Labute approximate surface area is 83.7 Å². The number of aliphatic hydroxyl groups is 1. The van der Waals surface area contributed by atoms with E-state index in [-0.39, 0.29) is 6.10 Å². The molecule has 0 aromatic heterocycles. The maximum absolute atomic E-state index is 9.39. The van der Waals surface area contributed by atoms with Crippen molar-refractivity contribution in [2.45, 2.75) is 12.5 Å².